The number of aliphatic hydroxyl groups excluding tert-OH is 1. The molecule has 0 heterocycles. The molecule has 0 aromatic heterocycles. The van der Waals surface area contributed by atoms with E-state index in [0.717, 1.165) is 12.1 Å². The van der Waals surface area contributed by atoms with Crippen LogP contribution >= 0.6 is 0 Å². The van der Waals surface area contributed by atoms with Crippen molar-refractivity contribution in [1.29, 1.82) is 0 Å². The number of hydrogen-bond acceptors (Lipinski definition) is 6. The third kappa shape index (κ3) is 2.23. The Morgan fingerprint density at radius 2 is 1.56 bits per heavy atom. The first-order valence-corrected chi connectivity index (χ1v) is 4.23. The molecular weight excluding hydrogens is 220 g/mol. The van der Waals surface area contributed by atoms with E-state index in [1.165, 1.54) is 0 Å². The summed E-state index contributed by atoms with van der Waals surface area (Å²) in [6.07, 6.45) is 0.0436. The predicted octanol–water partition coefficient (Wildman–Crippen LogP) is 0.743. The van der Waals surface area contributed by atoms with Crippen LogP contribution in [-0.2, 0) is 6.42 Å². The number of rotatable bonds is 4. The standard InChI is InChI=1S/C8H8N2O6/c11-2-1-5-3-6(9(13)14)8(12)7(4-5)10(15)16/h3-4,11-12H,1-2H2. The van der Waals surface area contributed by atoms with Crippen LogP contribution in [0.4, 0.5) is 11.4 Å². The largest absolute Gasteiger partial charge is 0.497 e. The van der Waals surface area contributed by atoms with Gasteiger partial charge >= 0.3 is 11.4 Å². The molecule has 16 heavy (non-hydrogen) atoms. The zero-order valence-electron chi connectivity index (χ0n) is 7.99. The maximum atomic E-state index is 10.5. The molecule has 0 spiro atoms. The highest BCUT2D eigenvalue weighted by atomic mass is 16.6. The molecular formula is C8H8N2O6. The van der Waals surface area contributed by atoms with Crippen molar-refractivity contribution in [3.63, 3.8) is 0 Å². The molecule has 0 saturated heterocycles. The fourth-order valence-electron chi connectivity index (χ4n) is 1.21. The lowest BCUT2D eigenvalue weighted by molar-refractivity contribution is -0.396. The van der Waals surface area contributed by atoms with Crippen LogP contribution in [0.3, 0.4) is 0 Å². The Kier molecular flexibility index (Phi) is 3.36. The van der Waals surface area contributed by atoms with Gasteiger partial charge in [-0.25, -0.2) is 0 Å². The minimum atomic E-state index is -0.975. The van der Waals surface area contributed by atoms with E-state index in [4.69, 9.17) is 5.11 Å². The summed E-state index contributed by atoms with van der Waals surface area (Å²) in [7, 11) is 0. The van der Waals surface area contributed by atoms with Crippen molar-refractivity contribution >= 4 is 11.4 Å². The molecule has 0 fully saturated rings. The van der Waals surface area contributed by atoms with Crippen molar-refractivity contribution in [2.75, 3.05) is 6.61 Å². The second-order valence-corrected chi connectivity index (χ2v) is 2.97. The number of aromatic hydroxyl groups is 1. The van der Waals surface area contributed by atoms with Crippen LogP contribution in [0.15, 0.2) is 12.1 Å². The van der Waals surface area contributed by atoms with Gasteiger partial charge in [-0.05, 0) is 12.0 Å². The van der Waals surface area contributed by atoms with Gasteiger partial charge in [-0.3, -0.25) is 20.2 Å². The number of aliphatic hydroxyl groups is 1. The molecule has 0 unspecified atom stereocenters. The smallest absolute Gasteiger partial charge is 0.318 e. The van der Waals surface area contributed by atoms with Gasteiger partial charge in [0.2, 0.25) is 0 Å². The second-order valence-electron chi connectivity index (χ2n) is 2.97. The van der Waals surface area contributed by atoms with Gasteiger partial charge < -0.3 is 10.2 Å². The fraction of sp³-hybridized carbons (Fsp3) is 0.250. The van der Waals surface area contributed by atoms with Gasteiger partial charge in [-0.15, -0.1) is 0 Å². The Morgan fingerprint density at radius 3 is 1.88 bits per heavy atom. The molecule has 0 saturated carbocycles. The molecule has 0 bridgehead atoms. The molecule has 86 valence electrons. The van der Waals surface area contributed by atoms with Crippen LogP contribution in [-0.4, -0.2) is 26.7 Å². The average Bonchev–Trinajstić information content (AvgIpc) is 2.19. The highest BCUT2D eigenvalue weighted by Gasteiger charge is 2.25. The summed E-state index contributed by atoms with van der Waals surface area (Å²) in [5.41, 5.74) is -1.26. The van der Waals surface area contributed by atoms with Crippen LogP contribution in [0.5, 0.6) is 5.75 Å². The first-order chi connectivity index (χ1) is 7.47. The molecule has 0 aliphatic carbocycles. The summed E-state index contributed by atoms with van der Waals surface area (Å²) < 4.78 is 0. The number of nitrogens with zero attached hydrogens (tertiary/aromatic N) is 2. The van der Waals surface area contributed by atoms with Crippen LogP contribution in [0.2, 0.25) is 0 Å². The number of phenols is 1. The molecule has 2 N–H and O–H groups in total. The molecule has 1 aromatic rings. The topological polar surface area (TPSA) is 127 Å². The Morgan fingerprint density at radius 1 is 1.12 bits per heavy atom. The lowest BCUT2D eigenvalue weighted by atomic mass is 10.1. The summed E-state index contributed by atoms with van der Waals surface area (Å²) >= 11 is 0. The highest BCUT2D eigenvalue weighted by molar-refractivity contribution is 5.61. The average molecular weight is 228 g/mol. The summed E-state index contributed by atoms with van der Waals surface area (Å²) in [5.74, 6) is -0.975. The quantitative estimate of drug-likeness (QED) is 0.578. The summed E-state index contributed by atoms with van der Waals surface area (Å²) in [6.45, 7) is -0.293. The van der Waals surface area contributed by atoms with Crippen LogP contribution in [0.25, 0.3) is 0 Å². The van der Waals surface area contributed by atoms with Crippen molar-refractivity contribution in [3.05, 3.63) is 37.9 Å². The van der Waals surface area contributed by atoms with E-state index < -0.39 is 27.0 Å². The number of nitro benzene ring substituents is 2. The third-order valence-corrected chi connectivity index (χ3v) is 1.92. The molecule has 0 radical (unpaired) electrons. The van der Waals surface area contributed by atoms with E-state index in [1.54, 1.807) is 0 Å². The van der Waals surface area contributed by atoms with Gasteiger partial charge in [0, 0.05) is 18.7 Å². The van der Waals surface area contributed by atoms with Gasteiger partial charge in [-0.2, -0.15) is 0 Å². The zero-order chi connectivity index (χ0) is 12.3. The van der Waals surface area contributed by atoms with E-state index in [0.29, 0.717) is 0 Å². The molecule has 1 rings (SSSR count). The predicted molar refractivity (Wildman–Crippen MR) is 52.2 cm³/mol. The van der Waals surface area contributed by atoms with E-state index >= 15 is 0 Å². The Labute approximate surface area is 89.1 Å². The SMILES string of the molecule is O=[N+]([O-])c1cc(CCO)cc([N+](=O)[O-])c1O. The monoisotopic (exact) mass is 228 g/mol. The molecule has 0 amide bonds. The van der Waals surface area contributed by atoms with Crippen molar-refractivity contribution in [3.8, 4) is 5.75 Å². The first-order valence-electron chi connectivity index (χ1n) is 4.23. The summed E-state index contributed by atoms with van der Waals surface area (Å²) in [5, 5.41) is 38.9. The third-order valence-electron chi connectivity index (χ3n) is 1.92. The molecule has 8 heteroatoms. The second kappa shape index (κ2) is 4.53. The van der Waals surface area contributed by atoms with Crippen LogP contribution in [0.1, 0.15) is 5.56 Å². The van der Waals surface area contributed by atoms with E-state index in [9.17, 15) is 25.3 Å². The van der Waals surface area contributed by atoms with Crippen molar-refractivity contribution in [2.24, 2.45) is 0 Å². The number of benzene rings is 1. The summed E-state index contributed by atoms with van der Waals surface area (Å²) in [6, 6.07) is 2.00. The maximum Gasteiger partial charge on any atom is 0.318 e. The molecule has 0 atom stereocenters. The molecule has 8 nitrogen and oxygen atoms in total. The Balaban J connectivity index is 3.38. The van der Waals surface area contributed by atoms with Crippen molar-refractivity contribution < 1.29 is 20.1 Å². The molecule has 0 aliphatic heterocycles. The zero-order valence-corrected chi connectivity index (χ0v) is 7.99. The maximum absolute atomic E-state index is 10.5. The fourth-order valence-corrected chi connectivity index (χ4v) is 1.21. The number of nitro groups is 2. The first kappa shape index (κ1) is 11.9. The minimum absolute atomic E-state index is 0.0436. The van der Waals surface area contributed by atoms with Crippen molar-refractivity contribution in [1.82, 2.24) is 0 Å². The summed E-state index contributed by atoms with van der Waals surface area (Å²) in [4.78, 5) is 19.2. The van der Waals surface area contributed by atoms with Gasteiger partial charge in [-0.1, -0.05) is 0 Å². The molecule has 0 aliphatic rings. The molecule has 1 aromatic carbocycles. The number of hydrogen-bond donors (Lipinski definition) is 2. The Bertz CT molecular complexity index is 409. The minimum Gasteiger partial charge on any atom is -0.497 e. The van der Waals surface area contributed by atoms with Gasteiger partial charge in [0.25, 0.3) is 5.75 Å². The van der Waals surface area contributed by atoms with E-state index in [1.807, 2.05) is 0 Å². The highest BCUT2D eigenvalue weighted by Crippen LogP contribution is 2.36. The van der Waals surface area contributed by atoms with E-state index in [-0.39, 0.29) is 18.6 Å². The lowest BCUT2D eigenvalue weighted by Gasteiger charge is -2.01. The Hall–Kier alpha value is -2.22. The van der Waals surface area contributed by atoms with Crippen LogP contribution in [0, 0.1) is 20.2 Å². The van der Waals surface area contributed by atoms with Crippen molar-refractivity contribution in [2.45, 2.75) is 6.42 Å². The van der Waals surface area contributed by atoms with Gasteiger partial charge in [0.1, 0.15) is 0 Å². The van der Waals surface area contributed by atoms with E-state index in [2.05, 4.69) is 0 Å². The van der Waals surface area contributed by atoms with Crippen LogP contribution < -0.4 is 0 Å². The van der Waals surface area contributed by atoms with Gasteiger partial charge in [0.05, 0.1) is 9.85 Å². The van der Waals surface area contributed by atoms with Gasteiger partial charge in [0.15, 0.2) is 0 Å². The number of phenolic OH excluding ortho intramolecular Hbond substituents is 1. The normalized spacial score (nSPS) is 10.1. The lowest BCUT2D eigenvalue weighted by Crippen LogP contribution is -1.98.